The minimum Gasteiger partial charge on any atom is -0.375 e. The van der Waals surface area contributed by atoms with Gasteiger partial charge in [0.05, 0.1) is 19.3 Å². The van der Waals surface area contributed by atoms with Gasteiger partial charge >= 0.3 is 0 Å². The maximum Gasteiger partial charge on any atom is 0.254 e. The molecule has 3 aliphatic heterocycles. The molecule has 3 rings (SSSR count). The van der Waals surface area contributed by atoms with Crippen LogP contribution in [0.4, 0.5) is 0 Å². The maximum atomic E-state index is 13.8. The Labute approximate surface area is 227 Å². The van der Waals surface area contributed by atoms with Gasteiger partial charge in [0.1, 0.15) is 0 Å². The van der Waals surface area contributed by atoms with E-state index in [4.69, 9.17) is 9.47 Å². The van der Waals surface area contributed by atoms with E-state index in [-0.39, 0.29) is 12.0 Å². The fourth-order valence-corrected chi connectivity index (χ4v) is 6.73. The summed E-state index contributed by atoms with van der Waals surface area (Å²) in [5.41, 5.74) is 0. The highest BCUT2D eigenvalue weighted by Crippen LogP contribution is 2.40. The van der Waals surface area contributed by atoms with Crippen LogP contribution in [0, 0.1) is 41.4 Å². The molecular formula is C31H56N2O4. The molecule has 0 spiro atoms. The van der Waals surface area contributed by atoms with Crippen LogP contribution in [0.2, 0.25) is 0 Å². The molecule has 214 valence electrons. The van der Waals surface area contributed by atoms with Crippen LogP contribution in [0.5, 0.6) is 0 Å². The van der Waals surface area contributed by atoms with Crippen LogP contribution in [0.25, 0.3) is 0 Å². The summed E-state index contributed by atoms with van der Waals surface area (Å²) < 4.78 is 12.2. The summed E-state index contributed by atoms with van der Waals surface area (Å²) in [6.07, 6.45) is 9.70. The average molecular weight is 521 g/mol. The number of likely N-dealkylation sites (tertiary alicyclic amines) is 2. The third kappa shape index (κ3) is 9.53. The Morgan fingerprint density at radius 3 is 2.24 bits per heavy atom. The zero-order valence-electron chi connectivity index (χ0n) is 24.7. The van der Waals surface area contributed by atoms with Gasteiger partial charge < -0.3 is 19.3 Å². The quantitative estimate of drug-likeness (QED) is 0.313. The minimum atomic E-state index is -0.482. The molecule has 0 aromatic rings. The molecule has 2 amide bonds. The molecule has 3 fully saturated rings. The fourth-order valence-electron chi connectivity index (χ4n) is 6.73. The topological polar surface area (TPSA) is 59.1 Å². The van der Waals surface area contributed by atoms with Crippen LogP contribution >= 0.6 is 0 Å². The van der Waals surface area contributed by atoms with Gasteiger partial charge in [-0.3, -0.25) is 9.59 Å². The molecule has 3 aliphatic rings. The number of hydrogen-bond donors (Lipinski definition) is 0. The first-order valence-corrected chi connectivity index (χ1v) is 15.4. The predicted octanol–water partition coefficient (Wildman–Crippen LogP) is 5.64. The molecule has 0 N–H and O–H groups in total. The van der Waals surface area contributed by atoms with E-state index in [2.05, 4.69) is 46.4 Å². The Morgan fingerprint density at radius 2 is 1.57 bits per heavy atom. The third-order valence-corrected chi connectivity index (χ3v) is 9.01. The summed E-state index contributed by atoms with van der Waals surface area (Å²) in [7, 11) is 0. The first-order valence-electron chi connectivity index (χ1n) is 15.4. The summed E-state index contributed by atoms with van der Waals surface area (Å²) in [6.45, 7) is 18.0. The molecule has 6 nitrogen and oxygen atoms in total. The Hall–Kier alpha value is -1.14. The van der Waals surface area contributed by atoms with E-state index in [9.17, 15) is 9.59 Å². The van der Waals surface area contributed by atoms with Crippen molar-refractivity contribution in [2.75, 3.05) is 39.4 Å². The lowest BCUT2D eigenvalue weighted by atomic mass is 9.69. The van der Waals surface area contributed by atoms with Crippen molar-refractivity contribution in [2.45, 2.75) is 105 Å². The van der Waals surface area contributed by atoms with Crippen molar-refractivity contribution < 1.29 is 19.1 Å². The molecule has 37 heavy (non-hydrogen) atoms. The number of hydrogen-bond acceptors (Lipinski definition) is 4. The van der Waals surface area contributed by atoms with Crippen LogP contribution in [0.1, 0.15) is 92.9 Å². The Bertz CT molecular complexity index is 697. The summed E-state index contributed by atoms with van der Waals surface area (Å²) >= 11 is 0. The smallest absolute Gasteiger partial charge is 0.254 e. The van der Waals surface area contributed by atoms with E-state index in [1.807, 2.05) is 4.90 Å². The van der Waals surface area contributed by atoms with Crippen molar-refractivity contribution in [1.29, 1.82) is 0 Å². The van der Waals surface area contributed by atoms with Gasteiger partial charge in [-0.05, 0) is 80.0 Å². The molecule has 3 heterocycles. The monoisotopic (exact) mass is 520 g/mol. The zero-order valence-corrected chi connectivity index (χ0v) is 24.7. The van der Waals surface area contributed by atoms with Gasteiger partial charge in [-0.25, -0.2) is 0 Å². The molecule has 6 atom stereocenters. The van der Waals surface area contributed by atoms with Crippen molar-refractivity contribution in [1.82, 2.24) is 9.80 Å². The first-order chi connectivity index (χ1) is 17.7. The Morgan fingerprint density at radius 1 is 0.892 bits per heavy atom. The summed E-state index contributed by atoms with van der Waals surface area (Å²) in [5.74, 6) is 4.17. The zero-order chi connectivity index (χ0) is 26.9. The second-order valence-electron chi connectivity index (χ2n) is 13.6. The highest BCUT2D eigenvalue weighted by molar-refractivity contribution is 5.81. The van der Waals surface area contributed by atoms with Crippen molar-refractivity contribution in [3.8, 4) is 0 Å². The lowest BCUT2D eigenvalue weighted by molar-refractivity contribution is -0.177. The van der Waals surface area contributed by atoms with Gasteiger partial charge in [-0.1, -0.05) is 54.4 Å². The van der Waals surface area contributed by atoms with Crippen molar-refractivity contribution in [3.05, 3.63) is 0 Å². The summed E-state index contributed by atoms with van der Waals surface area (Å²) in [6, 6.07) is 0. The molecule has 0 saturated carbocycles. The lowest BCUT2D eigenvalue weighted by Gasteiger charge is -2.47. The van der Waals surface area contributed by atoms with Gasteiger partial charge in [-0.2, -0.15) is 0 Å². The SMILES string of the molecule is CC(C)CCC1CC(C2CN(C=O)CCC2CCC(C)C)CN(C(=O)C2COCC(CCC(C)C)O2)C1. The number of piperidine rings is 2. The Kier molecular flexibility index (Phi) is 12.2. The van der Waals surface area contributed by atoms with E-state index < -0.39 is 6.10 Å². The average Bonchev–Trinajstić information content (AvgIpc) is 2.89. The number of carbonyl (C=O) groups excluding carboxylic acids is 2. The molecule has 0 aliphatic carbocycles. The second-order valence-corrected chi connectivity index (χ2v) is 13.6. The molecule has 3 saturated heterocycles. The molecule has 0 aromatic carbocycles. The molecule has 0 bridgehead atoms. The molecular weight excluding hydrogens is 464 g/mol. The van der Waals surface area contributed by atoms with Gasteiger partial charge in [0.15, 0.2) is 6.10 Å². The van der Waals surface area contributed by atoms with Gasteiger partial charge in [-0.15, -0.1) is 0 Å². The van der Waals surface area contributed by atoms with Crippen LogP contribution in [-0.2, 0) is 19.1 Å². The molecule has 0 aromatic heterocycles. The van der Waals surface area contributed by atoms with E-state index >= 15 is 0 Å². The van der Waals surface area contributed by atoms with Gasteiger partial charge in [0, 0.05) is 26.2 Å². The largest absolute Gasteiger partial charge is 0.375 e. The number of ether oxygens (including phenoxy) is 2. The normalized spacial score (nSPS) is 31.4. The van der Waals surface area contributed by atoms with E-state index in [1.165, 1.54) is 25.7 Å². The third-order valence-electron chi connectivity index (χ3n) is 9.01. The van der Waals surface area contributed by atoms with E-state index in [0.29, 0.717) is 54.6 Å². The highest BCUT2D eigenvalue weighted by Gasteiger charge is 2.42. The molecule has 0 radical (unpaired) electrons. The number of rotatable bonds is 12. The molecule has 6 heteroatoms. The highest BCUT2D eigenvalue weighted by atomic mass is 16.6. The minimum absolute atomic E-state index is 0.0160. The predicted molar refractivity (Wildman–Crippen MR) is 149 cm³/mol. The number of amides is 2. The van der Waals surface area contributed by atoms with Crippen LogP contribution in [-0.4, -0.2) is 73.7 Å². The van der Waals surface area contributed by atoms with E-state index in [1.54, 1.807) is 0 Å². The fraction of sp³-hybridized carbons (Fsp3) is 0.935. The summed E-state index contributed by atoms with van der Waals surface area (Å²) in [4.78, 5) is 29.7. The Balaban J connectivity index is 1.73. The van der Waals surface area contributed by atoms with Crippen molar-refractivity contribution in [2.24, 2.45) is 41.4 Å². The molecule has 6 unspecified atom stereocenters. The lowest BCUT2D eigenvalue weighted by Crippen LogP contribution is -2.55. The number of carbonyl (C=O) groups is 2. The van der Waals surface area contributed by atoms with Crippen LogP contribution in [0.15, 0.2) is 0 Å². The van der Waals surface area contributed by atoms with Crippen molar-refractivity contribution >= 4 is 12.3 Å². The van der Waals surface area contributed by atoms with Gasteiger partial charge in [0.25, 0.3) is 5.91 Å². The first kappa shape index (κ1) is 30.4. The number of nitrogens with zero attached hydrogens (tertiary/aromatic N) is 2. The van der Waals surface area contributed by atoms with Crippen LogP contribution < -0.4 is 0 Å². The summed E-state index contributed by atoms with van der Waals surface area (Å²) in [5, 5.41) is 0. The van der Waals surface area contributed by atoms with Gasteiger partial charge in [0.2, 0.25) is 6.41 Å². The van der Waals surface area contributed by atoms with Crippen molar-refractivity contribution in [3.63, 3.8) is 0 Å². The van der Waals surface area contributed by atoms with E-state index in [0.717, 1.165) is 58.3 Å². The standard InChI is InChI=1S/C31H56N2O4/c1-22(2)7-10-25-15-27(29-18-32(21-34)14-13-26(29)11-8-23(3)4)17-33(16-25)31(35)30-20-36-19-28(37-30)12-9-24(5)6/h21-30H,7-20H2,1-6H3. The van der Waals surface area contributed by atoms with Crippen LogP contribution in [0.3, 0.4) is 0 Å². The second kappa shape index (κ2) is 14.9. The maximum absolute atomic E-state index is 13.8.